The van der Waals surface area contributed by atoms with Gasteiger partial charge in [-0.15, -0.1) is 0 Å². The second-order valence-corrected chi connectivity index (χ2v) is 4.21. The van der Waals surface area contributed by atoms with E-state index in [1.54, 1.807) is 6.92 Å². The lowest BCUT2D eigenvalue weighted by molar-refractivity contribution is 0.0696. The van der Waals surface area contributed by atoms with Gasteiger partial charge in [0.05, 0.1) is 11.3 Å². The second-order valence-electron chi connectivity index (χ2n) is 3.42. The van der Waals surface area contributed by atoms with Gasteiger partial charge in [0, 0.05) is 4.47 Å². The molecule has 18 heavy (non-hydrogen) atoms. The molecule has 5 nitrogen and oxygen atoms in total. The van der Waals surface area contributed by atoms with Gasteiger partial charge in [-0.25, -0.2) is 9.59 Å². The van der Waals surface area contributed by atoms with Crippen LogP contribution in [-0.4, -0.2) is 23.8 Å². The lowest BCUT2D eigenvalue weighted by Gasteiger charge is -2.11. The molecule has 6 heteroatoms. The normalized spacial score (nSPS) is 9.67. The zero-order valence-corrected chi connectivity index (χ0v) is 11.3. The fourth-order valence-electron chi connectivity index (χ4n) is 1.29. The predicted molar refractivity (Wildman–Crippen MR) is 71.0 cm³/mol. The molecular formula is C12H12BrNO4. The Kier molecular flexibility index (Phi) is 4.91. The van der Waals surface area contributed by atoms with Gasteiger partial charge >= 0.3 is 12.1 Å². The zero-order chi connectivity index (χ0) is 13.7. The average Bonchev–Trinajstić information content (AvgIpc) is 2.32. The van der Waals surface area contributed by atoms with Gasteiger partial charge in [-0.1, -0.05) is 12.7 Å². The molecule has 1 rings (SSSR count). The number of rotatable bonds is 4. The number of hydrogen-bond acceptors (Lipinski definition) is 3. The molecule has 0 unspecified atom stereocenters. The minimum absolute atomic E-state index is 0.107. The fraction of sp³-hybridized carbons (Fsp3) is 0.167. The van der Waals surface area contributed by atoms with E-state index in [9.17, 15) is 9.59 Å². The predicted octanol–water partition coefficient (Wildman–Crippen LogP) is 3.19. The van der Waals surface area contributed by atoms with Crippen molar-refractivity contribution < 1.29 is 19.4 Å². The Balaban J connectivity index is 2.92. The molecule has 0 heterocycles. The molecule has 0 bridgehead atoms. The number of benzene rings is 1. The molecule has 0 aliphatic heterocycles. The molecule has 0 spiro atoms. The molecule has 0 aliphatic rings. The smallest absolute Gasteiger partial charge is 0.411 e. The van der Waals surface area contributed by atoms with Crippen molar-refractivity contribution in [3.63, 3.8) is 0 Å². The summed E-state index contributed by atoms with van der Waals surface area (Å²) in [5.74, 6) is -1.02. The zero-order valence-electron chi connectivity index (χ0n) is 9.70. The first-order valence-corrected chi connectivity index (χ1v) is 5.83. The first-order chi connectivity index (χ1) is 8.47. The molecule has 0 atom stereocenters. The number of ether oxygens (including phenoxy) is 1. The molecule has 0 aliphatic carbocycles. The van der Waals surface area contributed by atoms with Crippen molar-refractivity contribution in [1.29, 1.82) is 0 Å². The van der Waals surface area contributed by atoms with Crippen LogP contribution in [0.3, 0.4) is 0 Å². The van der Waals surface area contributed by atoms with E-state index in [0.717, 1.165) is 0 Å². The van der Waals surface area contributed by atoms with E-state index in [1.807, 2.05) is 0 Å². The summed E-state index contributed by atoms with van der Waals surface area (Å²) in [6.07, 6.45) is 0.825. The minimum Gasteiger partial charge on any atom is -0.478 e. The quantitative estimate of drug-likeness (QED) is 0.837. The highest BCUT2D eigenvalue weighted by atomic mass is 79.9. The Hall–Kier alpha value is -1.82. The van der Waals surface area contributed by atoms with Crippen LogP contribution >= 0.6 is 15.9 Å². The Morgan fingerprint density at radius 1 is 1.56 bits per heavy atom. The monoisotopic (exact) mass is 313 g/mol. The minimum atomic E-state index is -1.02. The largest absolute Gasteiger partial charge is 0.478 e. The Bertz CT molecular complexity index is 499. The molecule has 1 aromatic rings. The van der Waals surface area contributed by atoms with E-state index in [-0.39, 0.29) is 12.2 Å². The van der Waals surface area contributed by atoms with E-state index < -0.39 is 12.1 Å². The number of carboxylic acid groups (broad SMARTS) is 1. The number of nitrogens with one attached hydrogen (secondary N) is 1. The first kappa shape index (κ1) is 14.2. The number of anilines is 1. The van der Waals surface area contributed by atoms with Crippen LogP contribution in [0, 0.1) is 6.92 Å². The third kappa shape index (κ3) is 3.33. The summed E-state index contributed by atoms with van der Waals surface area (Å²) in [5, 5.41) is 11.4. The summed E-state index contributed by atoms with van der Waals surface area (Å²) in [5.41, 5.74) is 1.16. The molecule has 0 saturated carbocycles. The van der Waals surface area contributed by atoms with Crippen molar-refractivity contribution in [2.75, 3.05) is 11.9 Å². The van der Waals surface area contributed by atoms with Gasteiger partial charge in [-0.2, -0.15) is 0 Å². The van der Waals surface area contributed by atoms with Crippen molar-refractivity contribution in [1.82, 2.24) is 0 Å². The SMILES string of the molecule is C=CCOC(=O)Nc1ccc(C(=O)O)c(C)c1Br. The maximum atomic E-state index is 11.3. The van der Waals surface area contributed by atoms with E-state index in [2.05, 4.69) is 27.8 Å². The van der Waals surface area contributed by atoms with Gasteiger partial charge in [-0.3, -0.25) is 5.32 Å². The Labute approximate surface area is 113 Å². The molecule has 2 N–H and O–H groups in total. The van der Waals surface area contributed by atoms with Crippen LogP contribution in [0.1, 0.15) is 15.9 Å². The first-order valence-electron chi connectivity index (χ1n) is 5.04. The topological polar surface area (TPSA) is 75.6 Å². The molecule has 0 fully saturated rings. The molecule has 0 radical (unpaired) electrons. The average molecular weight is 314 g/mol. The summed E-state index contributed by atoms with van der Waals surface area (Å²) in [6.45, 7) is 5.18. The highest BCUT2D eigenvalue weighted by Crippen LogP contribution is 2.28. The van der Waals surface area contributed by atoms with Crippen LogP contribution in [0.25, 0.3) is 0 Å². The maximum Gasteiger partial charge on any atom is 0.411 e. The molecule has 0 aromatic heterocycles. The van der Waals surface area contributed by atoms with Crippen LogP contribution in [0.15, 0.2) is 29.3 Å². The number of amides is 1. The van der Waals surface area contributed by atoms with E-state index in [0.29, 0.717) is 15.7 Å². The Morgan fingerprint density at radius 3 is 2.78 bits per heavy atom. The van der Waals surface area contributed by atoms with Crippen molar-refractivity contribution in [3.05, 3.63) is 40.4 Å². The number of aromatic carboxylic acids is 1. The van der Waals surface area contributed by atoms with Gasteiger partial charge < -0.3 is 9.84 Å². The third-order valence-electron chi connectivity index (χ3n) is 2.19. The van der Waals surface area contributed by atoms with Crippen LogP contribution in [0.2, 0.25) is 0 Å². The second kappa shape index (κ2) is 6.20. The lowest BCUT2D eigenvalue weighted by atomic mass is 10.1. The standard InChI is InChI=1S/C12H12BrNO4/c1-3-6-18-12(17)14-9-5-4-8(11(15)16)7(2)10(9)13/h3-5H,1,6H2,2H3,(H,14,17)(H,15,16). The van der Waals surface area contributed by atoms with Crippen LogP contribution in [0.5, 0.6) is 0 Å². The maximum absolute atomic E-state index is 11.3. The number of halogens is 1. The van der Waals surface area contributed by atoms with Crippen LogP contribution < -0.4 is 5.32 Å². The summed E-state index contributed by atoms with van der Waals surface area (Å²) < 4.78 is 5.27. The van der Waals surface area contributed by atoms with Gasteiger partial charge in [-0.05, 0) is 40.5 Å². The van der Waals surface area contributed by atoms with Crippen molar-refractivity contribution >= 4 is 33.7 Å². The Morgan fingerprint density at radius 2 is 2.22 bits per heavy atom. The molecule has 0 saturated heterocycles. The lowest BCUT2D eigenvalue weighted by Crippen LogP contribution is -2.14. The van der Waals surface area contributed by atoms with Crippen LogP contribution in [0.4, 0.5) is 10.5 Å². The molecule has 1 amide bonds. The summed E-state index contributed by atoms with van der Waals surface area (Å²) in [4.78, 5) is 22.2. The van der Waals surface area contributed by atoms with Gasteiger partial charge in [0.2, 0.25) is 0 Å². The van der Waals surface area contributed by atoms with Crippen molar-refractivity contribution in [3.8, 4) is 0 Å². The van der Waals surface area contributed by atoms with Crippen molar-refractivity contribution in [2.45, 2.75) is 6.92 Å². The van der Waals surface area contributed by atoms with E-state index in [1.165, 1.54) is 18.2 Å². The number of carboxylic acids is 1. The van der Waals surface area contributed by atoms with Crippen LogP contribution in [-0.2, 0) is 4.74 Å². The number of carbonyl (C=O) groups is 2. The number of hydrogen-bond donors (Lipinski definition) is 2. The van der Waals surface area contributed by atoms with E-state index >= 15 is 0 Å². The van der Waals surface area contributed by atoms with E-state index in [4.69, 9.17) is 9.84 Å². The van der Waals surface area contributed by atoms with Crippen molar-refractivity contribution in [2.24, 2.45) is 0 Å². The van der Waals surface area contributed by atoms with Gasteiger partial charge in [0.1, 0.15) is 6.61 Å². The third-order valence-corrected chi connectivity index (χ3v) is 3.21. The number of carbonyl (C=O) groups excluding carboxylic acids is 1. The highest BCUT2D eigenvalue weighted by molar-refractivity contribution is 9.10. The fourth-order valence-corrected chi connectivity index (χ4v) is 1.74. The molecule has 96 valence electrons. The molecular weight excluding hydrogens is 302 g/mol. The van der Waals surface area contributed by atoms with Gasteiger partial charge in [0.15, 0.2) is 0 Å². The summed E-state index contributed by atoms with van der Waals surface area (Å²) in [6, 6.07) is 2.92. The molecule has 1 aromatic carbocycles. The highest BCUT2D eigenvalue weighted by Gasteiger charge is 2.14. The summed E-state index contributed by atoms with van der Waals surface area (Å²) in [7, 11) is 0. The van der Waals surface area contributed by atoms with Gasteiger partial charge in [0.25, 0.3) is 0 Å². The summed E-state index contributed by atoms with van der Waals surface area (Å²) >= 11 is 3.24.